The van der Waals surface area contributed by atoms with Gasteiger partial charge < -0.3 is 9.84 Å². The smallest absolute Gasteiger partial charge is 0.125 e. The predicted octanol–water partition coefficient (Wildman–Crippen LogP) is 5.09. The Bertz CT molecular complexity index is 977. The summed E-state index contributed by atoms with van der Waals surface area (Å²) >= 11 is 1.61. The third-order valence-corrected chi connectivity index (χ3v) is 7.27. The van der Waals surface area contributed by atoms with E-state index in [2.05, 4.69) is 4.90 Å². The molecular weight excluding hydrogens is 411 g/mol. The number of aliphatic hydroxyl groups is 1. The number of rotatable bonds is 7. The van der Waals surface area contributed by atoms with E-state index in [0.717, 1.165) is 54.5 Å². The third-order valence-electron chi connectivity index (χ3n) is 5.86. The minimum atomic E-state index is -0.883. The van der Waals surface area contributed by atoms with Crippen molar-refractivity contribution in [2.45, 2.75) is 44.8 Å². The van der Waals surface area contributed by atoms with Crippen LogP contribution in [0.4, 0.5) is 4.39 Å². The summed E-state index contributed by atoms with van der Waals surface area (Å²) in [6.07, 6.45) is 3.05. The number of likely N-dealkylation sites (tertiary alicyclic amines) is 1. The van der Waals surface area contributed by atoms with Gasteiger partial charge in [0.15, 0.2) is 0 Å². The highest BCUT2D eigenvalue weighted by atomic mass is 32.1. The molecule has 164 valence electrons. The van der Waals surface area contributed by atoms with Gasteiger partial charge in [-0.2, -0.15) is 0 Å². The van der Waals surface area contributed by atoms with Gasteiger partial charge in [-0.15, -0.1) is 11.3 Å². The van der Waals surface area contributed by atoms with Crippen molar-refractivity contribution in [3.63, 3.8) is 0 Å². The summed E-state index contributed by atoms with van der Waals surface area (Å²) in [6.45, 7) is 5.09. The maximum atomic E-state index is 13.2. The Morgan fingerprint density at radius 3 is 2.65 bits per heavy atom. The van der Waals surface area contributed by atoms with Crippen LogP contribution in [0.15, 0.2) is 54.6 Å². The quantitative estimate of drug-likeness (QED) is 0.556. The molecule has 6 heteroatoms. The standard InChI is InChI=1S/C25H29FN2O2S/c1-19-23(12-17-30-22-6-3-2-4-7-22)31-24(27-19)25(29)13-5-15-28(16-14-25)18-20-8-10-21(26)11-9-20/h2-4,6-11,29H,5,12-18H2,1H3. The molecule has 3 aromatic rings. The number of aryl methyl sites for hydroxylation is 1. The van der Waals surface area contributed by atoms with Crippen LogP contribution in [0.5, 0.6) is 5.75 Å². The zero-order valence-corrected chi connectivity index (χ0v) is 18.7. The molecule has 0 saturated carbocycles. The van der Waals surface area contributed by atoms with Crippen molar-refractivity contribution in [1.29, 1.82) is 0 Å². The number of thiazole rings is 1. The number of halogens is 1. The molecule has 1 saturated heterocycles. The Morgan fingerprint density at radius 2 is 1.87 bits per heavy atom. The molecule has 1 fully saturated rings. The lowest BCUT2D eigenvalue weighted by atomic mass is 9.96. The van der Waals surface area contributed by atoms with Gasteiger partial charge in [0, 0.05) is 24.4 Å². The third kappa shape index (κ3) is 5.70. The molecule has 0 amide bonds. The van der Waals surface area contributed by atoms with E-state index in [1.54, 1.807) is 11.3 Å². The summed E-state index contributed by atoms with van der Waals surface area (Å²) in [5.41, 5.74) is 1.20. The Hall–Kier alpha value is -2.28. The monoisotopic (exact) mass is 440 g/mol. The highest BCUT2D eigenvalue weighted by Gasteiger charge is 2.35. The van der Waals surface area contributed by atoms with Crippen molar-refractivity contribution >= 4 is 11.3 Å². The van der Waals surface area contributed by atoms with Crippen LogP contribution in [-0.2, 0) is 18.6 Å². The van der Waals surface area contributed by atoms with Crippen molar-refractivity contribution in [3.05, 3.63) is 81.6 Å². The highest BCUT2D eigenvalue weighted by Crippen LogP contribution is 2.37. The SMILES string of the molecule is Cc1nc(C2(O)CCCN(Cc3ccc(F)cc3)CC2)sc1CCOc1ccccc1. The lowest BCUT2D eigenvalue weighted by Crippen LogP contribution is -2.29. The number of aromatic nitrogens is 1. The average Bonchev–Trinajstić information content (AvgIpc) is 3.04. The lowest BCUT2D eigenvalue weighted by Gasteiger charge is -2.24. The normalized spacial score (nSPS) is 19.8. The second-order valence-electron chi connectivity index (χ2n) is 8.23. The molecule has 4 rings (SSSR count). The van der Waals surface area contributed by atoms with Gasteiger partial charge in [-0.25, -0.2) is 9.37 Å². The molecule has 1 aliphatic rings. The number of hydrogen-bond acceptors (Lipinski definition) is 5. The van der Waals surface area contributed by atoms with Crippen LogP contribution in [0, 0.1) is 12.7 Å². The summed E-state index contributed by atoms with van der Waals surface area (Å²) in [4.78, 5) is 8.25. The first-order valence-electron chi connectivity index (χ1n) is 10.9. The molecule has 1 N–H and O–H groups in total. The number of para-hydroxylation sites is 1. The van der Waals surface area contributed by atoms with E-state index in [1.165, 1.54) is 17.0 Å². The van der Waals surface area contributed by atoms with E-state index in [-0.39, 0.29) is 5.82 Å². The Kier molecular flexibility index (Phi) is 7.00. The molecule has 0 aliphatic carbocycles. The van der Waals surface area contributed by atoms with Crippen LogP contribution in [0.1, 0.15) is 40.4 Å². The maximum absolute atomic E-state index is 13.2. The van der Waals surface area contributed by atoms with Crippen molar-refractivity contribution in [3.8, 4) is 5.75 Å². The van der Waals surface area contributed by atoms with Gasteiger partial charge in [0.2, 0.25) is 0 Å². The van der Waals surface area contributed by atoms with Crippen LogP contribution in [0.25, 0.3) is 0 Å². The van der Waals surface area contributed by atoms with Gasteiger partial charge >= 0.3 is 0 Å². The summed E-state index contributed by atoms with van der Waals surface area (Å²) in [6, 6.07) is 16.5. The second-order valence-corrected chi connectivity index (χ2v) is 9.31. The minimum Gasteiger partial charge on any atom is -0.493 e. The minimum absolute atomic E-state index is 0.210. The van der Waals surface area contributed by atoms with E-state index in [4.69, 9.17) is 9.72 Å². The van der Waals surface area contributed by atoms with Crippen molar-refractivity contribution in [2.75, 3.05) is 19.7 Å². The lowest BCUT2D eigenvalue weighted by molar-refractivity contribution is 0.0207. The van der Waals surface area contributed by atoms with Crippen LogP contribution < -0.4 is 4.74 Å². The first kappa shape index (κ1) is 21.9. The second kappa shape index (κ2) is 9.90. The van der Waals surface area contributed by atoms with Crippen LogP contribution in [0.3, 0.4) is 0 Å². The van der Waals surface area contributed by atoms with E-state index in [0.29, 0.717) is 19.4 Å². The predicted molar refractivity (Wildman–Crippen MR) is 122 cm³/mol. The highest BCUT2D eigenvalue weighted by molar-refractivity contribution is 7.11. The van der Waals surface area contributed by atoms with Crippen molar-refractivity contribution in [1.82, 2.24) is 9.88 Å². The largest absolute Gasteiger partial charge is 0.493 e. The first-order valence-corrected chi connectivity index (χ1v) is 11.7. The summed E-state index contributed by atoms with van der Waals surface area (Å²) in [5.74, 6) is 0.659. The maximum Gasteiger partial charge on any atom is 0.125 e. The molecule has 1 atom stereocenters. The molecule has 4 nitrogen and oxygen atoms in total. The van der Waals surface area contributed by atoms with E-state index in [1.807, 2.05) is 49.4 Å². The van der Waals surface area contributed by atoms with E-state index >= 15 is 0 Å². The molecule has 0 radical (unpaired) electrons. The Morgan fingerprint density at radius 1 is 1.10 bits per heavy atom. The molecular formula is C25H29FN2O2S. The fourth-order valence-corrected chi connectivity index (χ4v) is 5.22. The molecule has 2 heterocycles. The molecule has 1 aromatic heterocycles. The van der Waals surface area contributed by atoms with Gasteiger partial charge in [-0.3, -0.25) is 4.90 Å². The number of benzene rings is 2. The Balaban J connectivity index is 1.36. The number of hydrogen-bond donors (Lipinski definition) is 1. The van der Waals surface area contributed by atoms with Crippen molar-refractivity contribution in [2.24, 2.45) is 0 Å². The molecule has 2 aromatic carbocycles. The van der Waals surface area contributed by atoms with E-state index in [9.17, 15) is 9.50 Å². The summed E-state index contributed by atoms with van der Waals surface area (Å²) < 4.78 is 19.0. The van der Waals surface area contributed by atoms with Gasteiger partial charge in [0.1, 0.15) is 22.2 Å². The average molecular weight is 441 g/mol. The summed E-state index contributed by atoms with van der Waals surface area (Å²) in [7, 11) is 0. The van der Waals surface area contributed by atoms with E-state index < -0.39 is 5.60 Å². The van der Waals surface area contributed by atoms with Gasteiger partial charge in [-0.05, 0) is 62.6 Å². The first-order chi connectivity index (χ1) is 15.0. The molecule has 1 unspecified atom stereocenters. The van der Waals surface area contributed by atoms with Crippen LogP contribution >= 0.6 is 11.3 Å². The zero-order chi connectivity index (χ0) is 21.7. The molecule has 31 heavy (non-hydrogen) atoms. The fourth-order valence-electron chi connectivity index (χ4n) is 4.03. The topological polar surface area (TPSA) is 45.6 Å². The zero-order valence-electron chi connectivity index (χ0n) is 17.9. The van der Waals surface area contributed by atoms with Crippen LogP contribution in [0.2, 0.25) is 0 Å². The Labute approximate surface area is 187 Å². The van der Waals surface area contributed by atoms with Gasteiger partial charge in [-0.1, -0.05) is 30.3 Å². The van der Waals surface area contributed by atoms with Crippen LogP contribution in [-0.4, -0.2) is 34.7 Å². The molecule has 1 aliphatic heterocycles. The number of ether oxygens (including phenoxy) is 1. The summed E-state index contributed by atoms with van der Waals surface area (Å²) in [5, 5.41) is 12.2. The molecule has 0 bridgehead atoms. The van der Waals surface area contributed by atoms with Crippen molar-refractivity contribution < 1.29 is 14.2 Å². The number of nitrogens with zero attached hydrogens (tertiary/aromatic N) is 2. The molecule has 0 spiro atoms. The van der Waals surface area contributed by atoms with Gasteiger partial charge in [0.05, 0.1) is 12.3 Å². The fraction of sp³-hybridized carbons (Fsp3) is 0.400. The van der Waals surface area contributed by atoms with Gasteiger partial charge in [0.25, 0.3) is 0 Å².